The maximum atomic E-state index is 3.23. The molecule has 0 bridgehead atoms. The van der Waals surface area contributed by atoms with E-state index in [4.69, 9.17) is 0 Å². The Morgan fingerprint density at radius 3 is 2.73 bits per heavy atom. The molecule has 1 heterocycles. The predicted molar refractivity (Wildman–Crippen MR) is 63.7 cm³/mol. The first-order valence-corrected chi connectivity index (χ1v) is 5.19. The van der Waals surface area contributed by atoms with E-state index in [0.29, 0.717) is 0 Å². The molecule has 78 valence electrons. The summed E-state index contributed by atoms with van der Waals surface area (Å²) in [7, 11) is 1.97. The number of benzene rings is 1. The van der Waals surface area contributed by atoms with Crippen LogP contribution in [-0.2, 0) is 6.54 Å². The molecule has 2 aromatic rings. The number of nitrogens with one attached hydrogen (secondary N) is 2. The molecule has 1 aromatic carbocycles. The van der Waals surface area contributed by atoms with Crippen LogP contribution in [0.2, 0.25) is 0 Å². The highest BCUT2D eigenvalue weighted by atomic mass is 14.8. The van der Waals surface area contributed by atoms with Gasteiger partial charge in [-0.1, -0.05) is 18.2 Å². The zero-order valence-electron chi connectivity index (χ0n) is 9.17. The van der Waals surface area contributed by atoms with Gasteiger partial charge >= 0.3 is 0 Å². The van der Waals surface area contributed by atoms with Crippen molar-refractivity contribution in [1.29, 1.82) is 0 Å². The molecule has 0 radical (unpaired) electrons. The molecular formula is C13H16N2. The highest BCUT2D eigenvalue weighted by Crippen LogP contribution is 2.22. The summed E-state index contributed by atoms with van der Waals surface area (Å²) in [5.41, 5.74) is 5.10. The normalized spacial score (nSPS) is 10.5. The molecule has 2 nitrogen and oxygen atoms in total. The van der Waals surface area contributed by atoms with Crippen molar-refractivity contribution in [2.24, 2.45) is 0 Å². The number of aromatic nitrogens is 1. The lowest BCUT2D eigenvalue weighted by atomic mass is 10.0. The lowest BCUT2D eigenvalue weighted by molar-refractivity contribution is 0.817. The van der Waals surface area contributed by atoms with Gasteiger partial charge in [0.05, 0.1) is 0 Å². The molecule has 0 saturated heterocycles. The van der Waals surface area contributed by atoms with Crippen LogP contribution in [0.1, 0.15) is 11.1 Å². The molecule has 1 aromatic heterocycles. The van der Waals surface area contributed by atoms with Gasteiger partial charge in [-0.2, -0.15) is 0 Å². The highest BCUT2D eigenvalue weighted by molar-refractivity contribution is 5.64. The Morgan fingerprint density at radius 1 is 1.27 bits per heavy atom. The predicted octanol–water partition coefficient (Wildman–Crippen LogP) is 2.71. The fourth-order valence-electron chi connectivity index (χ4n) is 1.84. The number of H-pyrrole nitrogens is 1. The van der Waals surface area contributed by atoms with Crippen LogP contribution in [0.15, 0.2) is 36.5 Å². The van der Waals surface area contributed by atoms with Crippen LogP contribution >= 0.6 is 0 Å². The topological polar surface area (TPSA) is 27.8 Å². The summed E-state index contributed by atoms with van der Waals surface area (Å²) in [5.74, 6) is 0. The average Bonchev–Trinajstić information content (AvgIpc) is 2.71. The third kappa shape index (κ3) is 2.10. The van der Waals surface area contributed by atoms with Crippen LogP contribution in [-0.4, -0.2) is 12.0 Å². The Hall–Kier alpha value is -1.54. The first-order valence-electron chi connectivity index (χ1n) is 5.19. The molecule has 15 heavy (non-hydrogen) atoms. The minimum atomic E-state index is 0.922. The Kier molecular flexibility index (Phi) is 2.88. The van der Waals surface area contributed by atoms with Crippen molar-refractivity contribution in [3.63, 3.8) is 0 Å². The fraction of sp³-hybridized carbons (Fsp3) is 0.231. The summed E-state index contributed by atoms with van der Waals surface area (Å²) in [6.45, 7) is 3.07. The summed E-state index contributed by atoms with van der Waals surface area (Å²) in [4.78, 5) is 3.23. The Balaban J connectivity index is 2.35. The van der Waals surface area contributed by atoms with Crippen LogP contribution in [0, 0.1) is 6.92 Å². The second-order valence-electron chi connectivity index (χ2n) is 3.76. The van der Waals surface area contributed by atoms with Gasteiger partial charge in [-0.3, -0.25) is 0 Å². The fourth-order valence-corrected chi connectivity index (χ4v) is 1.84. The van der Waals surface area contributed by atoms with Gasteiger partial charge in [0.25, 0.3) is 0 Å². The van der Waals surface area contributed by atoms with Gasteiger partial charge in [-0.25, -0.2) is 0 Å². The third-order valence-electron chi connectivity index (χ3n) is 2.56. The molecule has 0 unspecified atom stereocenters. The summed E-state index contributed by atoms with van der Waals surface area (Å²) in [6, 6.07) is 10.7. The van der Waals surface area contributed by atoms with E-state index in [-0.39, 0.29) is 0 Å². The first kappa shape index (κ1) is 9.99. The van der Waals surface area contributed by atoms with E-state index in [0.717, 1.165) is 6.54 Å². The minimum Gasteiger partial charge on any atom is -0.361 e. The molecule has 0 aliphatic rings. The summed E-state index contributed by atoms with van der Waals surface area (Å²) >= 11 is 0. The van der Waals surface area contributed by atoms with Crippen molar-refractivity contribution in [1.82, 2.24) is 10.3 Å². The van der Waals surface area contributed by atoms with E-state index < -0.39 is 0 Å². The van der Waals surface area contributed by atoms with Crippen LogP contribution < -0.4 is 5.32 Å². The van der Waals surface area contributed by atoms with Gasteiger partial charge in [0, 0.05) is 24.0 Å². The molecular weight excluding hydrogens is 184 g/mol. The SMILES string of the molecule is CNCc1ccc(-c2ccc[nH]2)c(C)c1. The van der Waals surface area contributed by atoms with E-state index in [9.17, 15) is 0 Å². The maximum Gasteiger partial charge on any atom is 0.0456 e. The number of aryl methyl sites for hydroxylation is 1. The lowest BCUT2D eigenvalue weighted by Crippen LogP contribution is -2.05. The van der Waals surface area contributed by atoms with Crippen molar-refractivity contribution in [2.75, 3.05) is 7.05 Å². The second kappa shape index (κ2) is 4.32. The van der Waals surface area contributed by atoms with Crippen molar-refractivity contribution in [3.8, 4) is 11.3 Å². The smallest absolute Gasteiger partial charge is 0.0456 e. The molecule has 0 saturated carbocycles. The molecule has 0 atom stereocenters. The van der Waals surface area contributed by atoms with Gasteiger partial charge in [-0.05, 0) is 37.2 Å². The van der Waals surface area contributed by atoms with Crippen LogP contribution in [0.3, 0.4) is 0 Å². The summed E-state index contributed by atoms with van der Waals surface area (Å²) in [5, 5.41) is 3.16. The van der Waals surface area contributed by atoms with Gasteiger partial charge in [0.15, 0.2) is 0 Å². The zero-order chi connectivity index (χ0) is 10.7. The first-order chi connectivity index (χ1) is 7.31. The van der Waals surface area contributed by atoms with Gasteiger partial charge in [-0.15, -0.1) is 0 Å². The minimum absolute atomic E-state index is 0.922. The molecule has 0 spiro atoms. The van der Waals surface area contributed by atoms with Crippen LogP contribution in [0.4, 0.5) is 0 Å². The van der Waals surface area contributed by atoms with Gasteiger partial charge in [0.1, 0.15) is 0 Å². The molecule has 0 aliphatic carbocycles. The summed E-state index contributed by atoms with van der Waals surface area (Å²) < 4.78 is 0. The Labute approximate surface area is 90.3 Å². The maximum absolute atomic E-state index is 3.23. The Morgan fingerprint density at radius 2 is 2.13 bits per heavy atom. The molecule has 0 aliphatic heterocycles. The number of hydrogen-bond acceptors (Lipinski definition) is 1. The Bertz CT molecular complexity index is 430. The van der Waals surface area contributed by atoms with Crippen LogP contribution in [0.5, 0.6) is 0 Å². The number of hydrogen-bond donors (Lipinski definition) is 2. The van der Waals surface area contributed by atoms with Crippen LogP contribution in [0.25, 0.3) is 11.3 Å². The van der Waals surface area contributed by atoms with E-state index >= 15 is 0 Å². The van der Waals surface area contributed by atoms with Crippen molar-refractivity contribution in [2.45, 2.75) is 13.5 Å². The molecule has 0 fully saturated rings. The van der Waals surface area contributed by atoms with Gasteiger partial charge < -0.3 is 10.3 Å². The van der Waals surface area contributed by atoms with Crippen molar-refractivity contribution >= 4 is 0 Å². The van der Waals surface area contributed by atoms with E-state index in [2.05, 4.69) is 41.5 Å². The molecule has 2 rings (SSSR count). The summed E-state index contributed by atoms with van der Waals surface area (Å²) in [6.07, 6.45) is 1.95. The van der Waals surface area contributed by atoms with Gasteiger partial charge in [0.2, 0.25) is 0 Å². The average molecular weight is 200 g/mol. The lowest BCUT2D eigenvalue weighted by Gasteiger charge is -2.07. The molecule has 2 heteroatoms. The van der Waals surface area contributed by atoms with E-state index in [1.807, 2.05) is 19.3 Å². The molecule has 2 N–H and O–H groups in total. The second-order valence-corrected chi connectivity index (χ2v) is 3.76. The van der Waals surface area contributed by atoms with Crippen molar-refractivity contribution < 1.29 is 0 Å². The number of rotatable bonds is 3. The highest BCUT2D eigenvalue weighted by Gasteiger charge is 2.02. The van der Waals surface area contributed by atoms with Crippen molar-refractivity contribution in [3.05, 3.63) is 47.7 Å². The van der Waals surface area contributed by atoms with E-state index in [1.165, 1.54) is 22.4 Å². The third-order valence-corrected chi connectivity index (χ3v) is 2.56. The largest absolute Gasteiger partial charge is 0.361 e. The standard InChI is InChI=1S/C13H16N2/c1-10-8-11(9-14-2)5-6-12(10)13-4-3-7-15-13/h3-8,14-15H,9H2,1-2H3. The quantitative estimate of drug-likeness (QED) is 0.783. The monoisotopic (exact) mass is 200 g/mol. The number of aromatic amines is 1. The van der Waals surface area contributed by atoms with E-state index in [1.54, 1.807) is 0 Å². The zero-order valence-corrected chi connectivity index (χ0v) is 9.17. The molecule has 0 amide bonds.